The summed E-state index contributed by atoms with van der Waals surface area (Å²) in [5, 5.41) is 2.78. The molecule has 1 amide bonds. The van der Waals surface area contributed by atoms with Crippen LogP contribution in [0.2, 0.25) is 0 Å². The van der Waals surface area contributed by atoms with Crippen LogP contribution < -0.4 is 5.32 Å². The zero-order valence-corrected chi connectivity index (χ0v) is 14.1. The van der Waals surface area contributed by atoms with Crippen molar-refractivity contribution in [3.8, 4) is 0 Å². The van der Waals surface area contributed by atoms with Crippen molar-refractivity contribution >= 4 is 17.4 Å². The Labute approximate surface area is 144 Å². The van der Waals surface area contributed by atoms with E-state index in [9.17, 15) is 9.59 Å². The molecule has 0 fully saturated rings. The van der Waals surface area contributed by atoms with E-state index in [4.69, 9.17) is 0 Å². The molecule has 1 aromatic carbocycles. The fraction of sp³-hybridized carbons (Fsp3) is 0.167. The van der Waals surface area contributed by atoms with Crippen molar-refractivity contribution in [2.45, 2.75) is 13.8 Å². The number of benzene rings is 1. The van der Waals surface area contributed by atoms with E-state index in [-0.39, 0.29) is 11.7 Å². The molecule has 3 rings (SSSR count). The van der Waals surface area contributed by atoms with Gasteiger partial charge in [-0.15, -0.1) is 0 Å². The summed E-state index contributed by atoms with van der Waals surface area (Å²) in [6.45, 7) is 3.53. The summed E-state index contributed by atoms with van der Waals surface area (Å²) >= 11 is 0. The predicted octanol–water partition coefficient (Wildman–Crippen LogP) is 2.31. The van der Waals surface area contributed by atoms with Gasteiger partial charge in [0.25, 0.3) is 5.91 Å². The molecule has 3 aromatic rings. The second-order valence-electron chi connectivity index (χ2n) is 5.64. The lowest BCUT2D eigenvalue weighted by molar-refractivity contribution is 0.101. The summed E-state index contributed by atoms with van der Waals surface area (Å²) in [5.74, 6) is 0.518. The predicted molar refractivity (Wildman–Crippen MR) is 92.5 cm³/mol. The van der Waals surface area contributed by atoms with E-state index in [0.717, 1.165) is 0 Å². The highest BCUT2D eigenvalue weighted by atomic mass is 16.1. The molecule has 126 valence electrons. The van der Waals surface area contributed by atoms with Crippen LogP contribution in [0, 0.1) is 13.8 Å². The first kappa shape index (κ1) is 16.5. The standard InChI is InChI=1S/C18H17N5O2/c1-11-15(10-20-12(2)21-11)18(25)22-14-6-4-13(5-7-14)16(24)17-19-8-9-23(17)3/h4-10H,1-3H3,(H,22,25). The van der Waals surface area contributed by atoms with Crippen LogP contribution in [0.3, 0.4) is 0 Å². The topological polar surface area (TPSA) is 89.8 Å². The van der Waals surface area contributed by atoms with Gasteiger partial charge in [0.05, 0.1) is 11.3 Å². The third-order valence-electron chi connectivity index (χ3n) is 3.77. The quantitative estimate of drug-likeness (QED) is 0.739. The third-order valence-corrected chi connectivity index (χ3v) is 3.77. The smallest absolute Gasteiger partial charge is 0.259 e. The molecule has 0 atom stereocenters. The number of carbonyl (C=O) groups is 2. The maximum atomic E-state index is 12.4. The average molecular weight is 335 g/mol. The molecule has 0 aliphatic heterocycles. The molecule has 2 aromatic heterocycles. The summed E-state index contributed by atoms with van der Waals surface area (Å²) in [6.07, 6.45) is 4.80. The summed E-state index contributed by atoms with van der Waals surface area (Å²) in [4.78, 5) is 37.0. The lowest BCUT2D eigenvalue weighted by Crippen LogP contribution is -2.15. The van der Waals surface area contributed by atoms with Crippen LogP contribution in [0.5, 0.6) is 0 Å². The zero-order valence-electron chi connectivity index (χ0n) is 14.1. The number of rotatable bonds is 4. The number of imidazole rings is 1. The molecule has 0 saturated carbocycles. The number of aryl methyl sites for hydroxylation is 3. The zero-order chi connectivity index (χ0) is 18.0. The van der Waals surface area contributed by atoms with Gasteiger partial charge >= 0.3 is 0 Å². The molecule has 0 bridgehead atoms. The number of nitrogens with one attached hydrogen (secondary N) is 1. The molecule has 7 nitrogen and oxygen atoms in total. The normalized spacial score (nSPS) is 10.5. The third kappa shape index (κ3) is 3.45. The fourth-order valence-electron chi connectivity index (χ4n) is 2.42. The second kappa shape index (κ2) is 6.64. The van der Waals surface area contributed by atoms with Crippen molar-refractivity contribution in [2.24, 2.45) is 7.05 Å². The number of amides is 1. The molecule has 7 heteroatoms. The van der Waals surface area contributed by atoms with Crippen LogP contribution in [0.4, 0.5) is 5.69 Å². The minimum Gasteiger partial charge on any atom is -0.331 e. The van der Waals surface area contributed by atoms with Gasteiger partial charge in [-0.25, -0.2) is 15.0 Å². The van der Waals surface area contributed by atoms with Crippen molar-refractivity contribution < 1.29 is 9.59 Å². The first-order valence-corrected chi connectivity index (χ1v) is 7.69. The van der Waals surface area contributed by atoms with E-state index < -0.39 is 0 Å². The minimum absolute atomic E-state index is 0.173. The Morgan fingerprint density at radius 1 is 1.08 bits per heavy atom. The molecule has 1 N–H and O–H groups in total. The number of nitrogens with zero attached hydrogens (tertiary/aromatic N) is 4. The van der Waals surface area contributed by atoms with Gasteiger partial charge in [-0.05, 0) is 38.1 Å². The highest BCUT2D eigenvalue weighted by molar-refractivity contribution is 6.08. The van der Waals surface area contributed by atoms with E-state index >= 15 is 0 Å². The Morgan fingerprint density at radius 3 is 2.40 bits per heavy atom. The van der Waals surface area contributed by atoms with E-state index in [0.29, 0.717) is 34.2 Å². The van der Waals surface area contributed by atoms with Crippen molar-refractivity contribution in [3.05, 3.63) is 71.3 Å². The Bertz CT molecular complexity index is 944. The molecule has 0 radical (unpaired) electrons. The second-order valence-corrected chi connectivity index (χ2v) is 5.64. The Hall–Kier alpha value is -3.35. The Kier molecular flexibility index (Phi) is 4.38. The minimum atomic E-state index is -0.291. The number of aromatic nitrogens is 4. The first-order chi connectivity index (χ1) is 12.0. The molecule has 25 heavy (non-hydrogen) atoms. The number of ketones is 1. The van der Waals surface area contributed by atoms with Gasteiger partial charge in [-0.1, -0.05) is 0 Å². The van der Waals surface area contributed by atoms with E-state index in [1.165, 1.54) is 6.20 Å². The van der Waals surface area contributed by atoms with Crippen LogP contribution >= 0.6 is 0 Å². The summed E-state index contributed by atoms with van der Waals surface area (Å²) in [6, 6.07) is 6.67. The van der Waals surface area contributed by atoms with Gasteiger partial charge in [0.15, 0.2) is 5.82 Å². The van der Waals surface area contributed by atoms with Gasteiger partial charge in [0, 0.05) is 36.9 Å². The molecule has 0 aliphatic carbocycles. The van der Waals surface area contributed by atoms with Crippen molar-refractivity contribution in [2.75, 3.05) is 5.32 Å². The largest absolute Gasteiger partial charge is 0.331 e. The van der Waals surface area contributed by atoms with Crippen LogP contribution in [0.1, 0.15) is 38.1 Å². The highest BCUT2D eigenvalue weighted by Gasteiger charge is 2.15. The van der Waals surface area contributed by atoms with E-state index in [1.54, 1.807) is 62.1 Å². The van der Waals surface area contributed by atoms with Crippen LogP contribution in [-0.2, 0) is 7.05 Å². The van der Waals surface area contributed by atoms with Crippen molar-refractivity contribution in [3.63, 3.8) is 0 Å². The lowest BCUT2D eigenvalue weighted by Gasteiger charge is -2.08. The average Bonchev–Trinajstić information content (AvgIpc) is 3.00. The summed E-state index contributed by atoms with van der Waals surface area (Å²) < 4.78 is 1.66. The van der Waals surface area contributed by atoms with Crippen molar-refractivity contribution in [1.29, 1.82) is 0 Å². The van der Waals surface area contributed by atoms with Crippen LogP contribution in [0.15, 0.2) is 42.9 Å². The molecular formula is C18H17N5O2. The van der Waals surface area contributed by atoms with Gasteiger partial charge in [0.2, 0.25) is 5.78 Å². The molecule has 2 heterocycles. The lowest BCUT2D eigenvalue weighted by atomic mass is 10.1. The van der Waals surface area contributed by atoms with Gasteiger partial charge in [-0.3, -0.25) is 9.59 Å². The Balaban J connectivity index is 1.75. The van der Waals surface area contributed by atoms with Crippen molar-refractivity contribution in [1.82, 2.24) is 19.5 Å². The molecule has 0 saturated heterocycles. The SMILES string of the molecule is Cc1ncc(C(=O)Nc2ccc(C(=O)c3nccn3C)cc2)c(C)n1. The van der Waals surface area contributed by atoms with Crippen LogP contribution in [0.25, 0.3) is 0 Å². The number of carbonyl (C=O) groups excluding carboxylic acids is 2. The molecule has 0 spiro atoms. The number of hydrogen-bond acceptors (Lipinski definition) is 5. The first-order valence-electron chi connectivity index (χ1n) is 7.69. The monoisotopic (exact) mass is 335 g/mol. The Morgan fingerprint density at radius 2 is 1.80 bits per heavy atom. The number of anilines is 1. The molecule has 0 unspecified atom stereocenters. The van der Waals surface area contributed by atoms with Gasteiger partial charge < -0.3 is 9.88 Å². The maximum absolute atomic E-state index is 12.4. The van der Waals surface area contributed by atoms with Gasteiger partial charge in [-0.2, -0.15) is 0 Å². The molecule has 0 aliphatic rings. The van der Waals surface area contributed by atoms with E-state index in [2.05, 4.69) is 20.3 Å². The molecular weight excluding hydrogens is 318 g/mol. The maximum Gasteiger partial charge on any atom is 0.259 e. The van der Waals surface area contributed by atoms with Gasteiger partial charge in [0.1, 0.15) is 5.82 Å². The van der Waals surface area contributed by atoms with Crippen LogP contribution in [-0.4, -0.2) is 31.2 Å². The summed E-state index contributed by atoms with van der Waals surface area (Å²) in [7, 11) is 1.76. The van der Waals surface area contributed by atoms with E-state index in [1.807, 2.05) is 0 Å². The fourth-order valence-corrected chi connectivity index (χ4v) is 2.42. The highest BCUT2D eigenvalue weighted by Crippen LogP contribution is 2.14. The summed E-state index contributed by atoms with van der Waals surface area (Å²) in [5.41, 5.74) is 2.12. The number of hydrogen-bond donors (Lipinski definition) is 1.